The van der Waals surface area contributed by atoms with Gasteiger partial charge in [-0.1, -0.05) is 41.5 Å². The number of nitrogens with one attached hydrogen (secondary N) is 1. The molecule has 0 aromatic heterocycles. The third-order valence-corrected chi connectivity index (χ3v) is 2.74. The van der Waals surface area contributed by atoms with Gasteiger partial charge in [0.05, 0.1) is 0 Å². The van der Waals surface area contributed by atoms with Crippen molar-refractivity contribution in [2.45, 2.75) is 33.6 Å². The second-order valence-electron chi connectivity index (χ2n) is 4.95. The van der Waals surface area contributed by atoms with Gasteiger partial charge < -0.3 is 10.1 Å². The molecule has 0 atom stereocenters. The van der Waals surface area contributed by atoms with Crippen molar-refractivity contribution < 1.29 is 9.53 Å². The summed E-state index contributed by atoms with van der Waals surface area (Å²) < 4.78 is 5.12. The van der Waals surface area contributed by atoms with Crippen molar-refractivity contribution in [2.75, 3.05) is 6.54 Å². The predicted octanol–water partition coefficient (Wildman–Crippen LogP) is 4.47. The van der Waals surface area contributed by atoms with Crippen LogP contribution in [0.2, 0.25) is 0 Å². The average molecular weight is 273 g/mol. The van der Waals surface area contributed by atoms with Gasteiger partial charge in [0.1, 0.15) is 5.75 Å². The molecule has 0 fully saturated rings. The zero-order chi connectivity index (χ0) is 14.8. The van der Waals surface area contributed by atoms with E-state index in [9.17, 15) is 4.79 Å². The second kappa shape index (κ2) is 8.97. The van der Waals surface area contributed by atoms with Crippen LogP contribution in [0.15, 0.2) is 53.6 Å². The fourth-order valence-electron chi connectivity index (χ4n) is 1.63. The maximum Gasteiger partial charge on any atom is 0.412 e. The van der Waals surface area contributed by atoms with Gasteiger partial charge in [-0.05, 0) is 45.7 Å². The Kier molecular flexibility index (Phi) is 7.18. The lowest BCUT2D eigenvalue weighted by Crippen LogP contribution is -2.26. The monoisotopic (exact) mass is 273 g/mol. The Labute approximate surface area is 121 Å². The SMILES string of the molecule is CC(C)=CCC/C(C)=C/CNC(=O)Oc1ccccc1. The zero-order valence-corrected chi connectivity index (χ0v) is 12.5. The summed E-state index contributed by atoms with van der Waals surface area (Å²) >= 11 is 0. The van der Waals surface area contributed by atoms with E-state index in [1.807, 2.05) is 24.3 Å². The molecule has 0 aliphatic heterocycles. The molecule has 1 rings (SSSR count). The summed E-state index contributed by atoms with van der Waals surface area (Å²) in [6.07, 6.45) is 5.86. The first-order valence-corrected chi connectivity index (χ1v) is 6.87. The molecule has 1 amide bonds. The number of hydrogen-bond donors (Lipinski definition) is 1. The first-order chi connectivity index (χ1) is 9.58. The Hall–Kier alpha value is -2.03. The molecule has 3 heteroatoms. The number of amides is 1. The van der Waals surface area contributed by atoms with Crippen LogP contribution in [0.1, 0.15) is 33.6 Å². The Morgan fingerprint density at radius 3 is 2.50 bits per heavy atom. The zero-order valence-electron chi connectivity index (χ0n) is 12.5. The van der Waals surface area contributed by atoms with Crippen LogP contribution in [-0.2, 0) is 0 Å². The Balaban J connectivity index is 2.25. The predicted molar refractivity (Wildman–Crippen MR) is 82.9 cm³/mol. The van der Waals surface area contributed by atoms with Gasteiger partial charge in [-0.25, -0.2) is 4.79 Å². The van der Waals surface area contributed by atoms with Crippen molar-refractivity contribution in [2.24, 2.45) is 0 Å². The highest BCUT2D eigenvalue weighted by Crippen LogP contribution is 2.08. The van der Waals surface area contributed by atoms with E-state index in [2.05, 4.69) is 32.2 Å². The number of carbonyl (C=O) groups is 1. The van der Waals surface area contributed by atoms with Crippen LogP contribution in [0.4, 0.5) is 4.79 Å². The summed E-state index contributed by atoms with van der Waals surface area (Å²) in [6.45, 7) is 6.76. The standard InChI is InChI=1S/C17H23NO2/c1-14(2)8-7-9-15(3)12-13-18-17(19)20-16-10-5-4-6-11-16/h4-6,8,10-12H,7,9,13H2,1-3H3,(H,18,19)/b15-12+. The van der Waals surface area contributed by atoms with E-state index in [1.54, 1.807) is 12.1 Å². The maximum absolute atomic E-state index is 11.5. The van der Waals surface area contributed by atoms with Crippen molar-refractivity contribution >= 4 is 6.09 Å². The number of allylic oxidation sites excluding steroid dienone is 3. The van der Waals surface area contributed by atoms with E-state index in [4.69, 9.17) is 4.74 Å². The molecule has 0 bridgehead atoms. The third kappa shape index (κ3) is 7.41. The first-order valence-electron chi connectivity index (χ1n) is 6.87. The highest BCUT2D eigenvalue weighted by Gasteiger charge is 2.01. The van der Waals surface area contributed by atoms with Crippen LogP contribution in [-0.4, -0.2) is 12.6 Å². The maximum atomic E-state index is 11.5. The lowest BCUT2D eigenvalue weighted by atomic mass is 10.1. The minimum atomic E-state index is -0.426. The van der Waals surface area contributed by atoms with Crippen LogP contribution in [0.25, 0.3) is 0 Å². The molecule has 20 heavy (non-hydrogen) atoms. The molecular formula is C17H23NO2. The van der Waals surface area contributed by atoms with E-state index in [0.717, 1.165) is 12.8 Å². The van der Waals surface area contributed by atoms with Gasteiger partial charge in [-0.15, -0.1) is 0 Å². The van der Waals surface area contributed by atoms with Gasteiger partial charge in [0.25, 0.3) is 0 Å². The van der Waals surface area contributed by atoms with Crippen LogP contribution < -0.4 is 10.1 Å². The summed E-state index contributed by atoms with van der Waals surface area (Å²) in [5.41, 5.74) is 2.60. The molecule has 0 aliphatic carbocycles. The van der Waals surface area contributed by atoms with Crippen LogP contribution in [0, 0.1) is 0 Å². The number of ether oxygens (including phenoxy) is 1. The Morgan fingerprint density at radius 1 is 1.15 bits per heavy atom. The van der Waals surface area contributed by atoms with Crippen molar-refractivity contribution in [1.29, 1.82) is 0 Å². The minimum Gasteiger partial charge on any atom is -0.410 e. The molecule has 1 N–H and O–H groups in total. The molecular weight excluding hydrogens is 250 g/mol. The van der Waals surface area contributed by atoms with E-state index < -0.39 is 6.09 Å². The highest BCUT2D eigenvalue weighted by molar-refractivity contribution is 5.70. The van der Waals surface area contributed by atoms with Gasteiger partial charge in [0.15, 0.2) is 0 Å². The van der Waals surface area contributed by atoms with Gasteiger partial charge in [0.2, 0.25) is 0 Å². The van der Waals surface area contributed by atoms with Crippen LogP contribution >= 0.6 is 0 Å². The van der Waals surface area contributed by atoms with Gasteiger partial charge >= 0.3 is 6.09 Å². The van der Waals surface area contributed by atoms with Crippen LogP contribution in [0.3, 0.4) is 0 Å². The Bertz CT molecular complexity index is 471. The minimum absolute atomic E-state index is 0.426. The molecule has 0 saturated heterocycles. The number of benzene rings is 1. The lowest BCUT2D eigenvalue weighted by Gasteiger charge is -2.05. The fourth-order valence-corrected chi connectivity index (χ4v) is 1.63. The van der Waals surface area contributed by atoms with Crippen molar-refractivity contribution in [1.82, 2.24) is 5.32 Å². The molecule has 0 saturated carbocycles. The number of para-hydroxylation sites is 1. The van der Waals surface area contributed by atoms with E-state index in [1.165, 1.54) is 11.1 Å². The number of rotatable bonds is 6. The summed E-state index contributed by atoms with van der Waals surface area (Å²) in [6, 6.07) is 9.04. The molecule has 0 spiro atoms. The highest BCUT2D eigenvalue weighted by atomic mass is 16.5. The fraction of sp³-hybridized carbons (Fsp3) is 0.353. The smallest absolute Gasteiger partial charge is 0.410 e. The molecule has 3 nitrogen and oxygen atoms in total. The number of hydrogen-bond acceptors (Lipinski definition) is 2. The molecule has 0 radical (unpaired) electrons. The van der Waals surface area contributed by atoms with Crippen molar-refractivity contribution in [3.8, 4) is 5.75 Å². The molecule has 1 aromatic carbocycles. The molecule has 0 unspecified atom stereocenters. The average Bonchev–Trinajstić information content (AvgIpc) is 2.39. The van der Waals surface area contributed by atoms with Crippen molar-refractivity contribution in [3.05, 3.63) is 53.6 Å². The summed E-state index contributed by atoms with van der Waals surface area (Å²) in [4.78, 5) is 11.5. The third-order valence-electron chi connectivity index (χ3n) is 2.74. The topological polar surface area (TPSA) is 38.3 Å². The molecule has 0 heterocycles. The van der Waals surface area contributed by atoms with Crippen molar-refractivity contribution in [3.63, 3.8) is 0 Å². The van der Waals surface area contributed by atoms with E-state index in [-0.39, 0.29) is 0 Å². The van der Waals surface area contributed by atoms with E-state index >= 15 is 0 Å². The second-order valence-corrected chi connectivity index (χ2v) is 4.95. The van der Waals surface area contributed by atoms with Crippen LogP contribution in [0.5, 0.6) is 5.75 Å². The quantitative estimate of drug-likeness (QED) is 0.777. The first kappa shape index (κ1) is 16.0. The van der Waals surface area contributed by atoms with Gasteiger partial charge in [-0.2, -0.15) is 0 Å². The van der Waals surface area contributed by atoms with E-state index in [0.29, 0.717) is 12.3 Å². The molecule has 1 aromatic rings. The summed E-state index contributed by atoms with van der Waals surface area (Å²) in [5, 5.41) is 2.71. The lowest BCUT2D eigenvalue weighted by molar-refractivity contribution is 0.201. The normalized spacial score (nSPS) is 10.8. The summed E-state index contributed by atoms with van der Waals surface area (Å²) in [7, 11) is 0. The molecule has 108 valence electrons. The number of carbonyl (C=O) groups excluding carboxylic acids is 1. The van der Waals surface area contributed by atoms with Gasteiger partial charge in [-0.3, -0.25) is 0 Å². The Morgan fingerprint density at radius 2 is 1.85 bits per heavy atom. The summed E-state index contributed by atoms with van der Waals surface area (Å²) in [5.74, 6) is 0.550. The molecule has 0 aliphatic rings. The van der Waals surface area contributed by atoms with Gasteiger partial charge in [0, 0.05) is 6.54 Å². The largest absolute Gasteiger partial charge is 0.412 e.